The Balaban J connectivity index is 0.00000128. The van der Waals surface area contributed by atoms with E-state index in [1.165, 1.54) is 0 Å². The molecule has 16 heavy (non-hydrogen) atoms. The van der Waals surface area contributed by atoms with E-state index >= 15 is 0 Å². The molecule has 2 atom stereocenters. The van der Waals surface area contributed by atoms with Crippen LogP contribution in [0.4, 0.5) is 0 Å². The summed E-state index contributed by atoms with van der Waals surface area (Å²) in [5, 5.41) is 2.86. The number of carbonyl (C=O) groups excluding carboxylic acids is 1. The Morgan fingerprint density at radius 3 is 2.94 bits per heavy atom. The summed E-state index contributed by atoms with van der Waals surface area (Å²) in [6.45, 7) is 0.470. The number of carbonyl (C=O) groups is 1. The molecule has 1 aromatic rings. The molecule has 0 aromatic carbocycles. The highest BCUT2D eigenvalue weighted by Crippen LogP contribution is 2.24. The predicted octanol–water partition coefficient (Wildman–Crippen LogP) is 1.44. The molecule has 1 heterocycles. The first-order valence-corrected chi connectivity index (χ1v) is 5.31. The summed E-state index contributed by atoms with van der Waals surface area (Å²) in [6, 6.07) is 3.86. The van der Waals surface area contributed by atoms with Gasteiger partial charge in [0, 0.05) is 12.0 Å². The molecule has 1 aliphatic carbocycles. The molecule has 0 aliphatic heterocycles. The Kier molecular flexibility index (Phi) is 4.83. The van der Waals surface area contributed by atoms with Crippen LogP contribution in [-0.4, -0.2) is 11.9 Å². The van der Waals surface area contributed by atoms with E-state index in [-0.39, 0.29) is 30.3 Å². The van der Waals surface area contributed by atoms with Gasteiger partial charge in [0.2, 0.25) is 5.91 Å². The molecule has 0 radical (unpaired) electrons. The highest BCUT2D eigenvalue weighted by Gasteiger charge is 2.27. The van der Waals surface area contributed by atoms with E-state index in [0.717, 1.165) is 25.0 Å². The second kappa shape index (κ2) is 5.92. The van der Waals surface area contributed by atoms with E-state index in [2.05, 4.69) is 5.32 Å². The zero-order valence-corrected chi connectivity index (χ0v) is 9.83. The van der Waals surface area contributed by atoms with Crippen LogP contribution in [0.2, 0.25) is 0 Å². The molecule has 0 bridgehead atoms. The monoisotopic (exact) mass is 244 g/mol. The number of nitrogens with two attached hydrogens (primary N) is 1. The third kappa shape index (κ3) is 3.25. The van der Waals surface area contributed by atoms with Gasteiger partial charge in [0.1, 0.15) is 5.76 Å². The smallest absolute Gasteiger partial charge is 0.223 e. The normalized spacial score (nSPS) is 23.8. The van der Waals surface area contributed by atoms with Gasteiger partial charge in [-0.25, -0.2) is 0 Å². The number of furan rings is 1. The maximum absolute atomic E-state index is 11.7. The number of nitrogens with one attached hydrogen (secondary N) is 1. The van der Waals surface area contributed by atoms with Crippen LogP contribution in [0.3, 0.4) is 0 Å². The van der Waals surface area contributed by atoms with Crippen LogP contribution in [0.25, 0.3) is 0 Å². The predicted molar refractivity (Wildman–Crippen MR) is 63.1 cm³/mol. The van der Waals surface area contributed by atoms with Crippen LogP contribution in [0.15, 0.2) is 22.8 Å². The van der Waals surface area contributed by atoms with Crippen LogP contribution in [0, 0.1) is 5.92 Å². The van der Waals surface area contributed by atoms with E-state index in [1.807, 2.05) is 12.1 Å². The molecule has 4 nitrogen and oxygen atoms in total. The molecular formula is C11H17ClN2O2. The van der Waals surface area contributed by atoms with Crippen LogP contribution in [0.1, 0.15) is 25.0 Å². The largest absolute Gasteiger partial charge is 0.467 e. The van der Waals surface area contributed by atoms with E-state index in [9.17, 15) is 4.79 Å². The average molecular weight is 245 g/mol. The Morgan fingerprint density at radius 2 is 2.38 bits per heavy atom. The second-order valence-corrected chi connectivity index (χ2v) is 4.07. The molecule has 1 amide bonds. The Labute approximate surface area is 101 Å². The third-order valence-electron chi connectivity index (χ3n) is 2.86. The number of amides is 1. The lowest BCUT2D eigenvalue weighted by Crippen LogP contribution is -2.29. The van der Waals surface area contributed by atoms with Gasteiger partial charge in [0.05, 0.1) is 12.8 Å². The van der Waals surface area contributed by atoms with Crippen LogP contribution >= 0.6 is 12.4 Å². The fourth-order valence-electron chi connectivity index (χ4n) is 1.99. The summed E-state index contributed by atoms with van der Waals surface area (Å²) < 4.78 is 5.13. The van der Waals surface area contributed by atoms with Crippen molar-refractivity contribution in [1.29, 1.82) is 0 Å². The van der Waals surface area contributed by atoms with Crippen LogP contribution in [0.5, 0.6) is 0 Å². The molecule has 0 spiro atoms. The molecule has 1 aromatic heterocycles. The number of halogens is 1. The van der Waals surface area contributed by atoms with Gasteiger partial charge in [-0.2, -0.15) is 0 Å². The summed E-state index contributed by atoms with van der Waals surface area (Å²) in [5.74, 6) is 0.972. The van der Waals surface area contributed by atoms with E-state index in [4.69, 9.17) is 10.2 Å². The molecule has 2 unspecified atom stereocenters. The van der Waals surface area contributed by atoms with Crippen molar-refractivity contribution in [3.8, 4) is 0 Å². The summed E-state index contributed by atoms with van der Waals surface area (Å²) in [7, 11) is 0. The molecule has 1 saturated carbocycles. The second-order valence-electron chi connectivity index (χ2n) is 4.07. The van der Waals surface area contributed by atoms with Gasteiger partial charge in [-0.3, -0.25) is 4.79 Å². The van der Waals surface area contributed by atoms with Gasteiger partial charge in [-0.15, -0.1) is 12.4 Å². The quantitative estimate of drug-likeness (QED) is 0.846. The van der Waals surface area contributed by atoms with Gasteiger partial charge in [-0.1, -0.05) is 0 Å². The fourth-order valence-corrected chi connectivity index (χ4v) is 1.99. The highest BCUT2D eigenvalue weighted by molar-refractivity contribution is 5.85. The molecule has 1 fully saturated rings. The molecule has 1 aliphatic rings. The Hall–Kier alpha value is -1.00. The summed E-state index contributed by atoms with van der Waals surface area (Å²) in [5.41, 5.74) is 5.76. The van der Waals surface area contributed by atoms with Crippen LogP contribution < -0.4 is 11.1 Å². The van der Waals surface area contributed by atoms with Crippen molar-refractivity contribution in [2.24, 2.45) is 11.7 Å². The number of hydrogen-bond donors (Lipinski definition) is 2. The van der Waals surface area contributed by atoms with Crippen molar-refractivity contribution < 1.29 is 9.21 Å². The lowest BCUT2D eigenvalue weighted by molar-refractivity contribution is -0.125. The van der Waals surface area contributed by atoms with Crippen LogP contribution in [-0.2, 0) is 11.3 Å². The lowest BCUT2D eigenvalue weighted by Gasteiger charge is -2.09. The van der Waals surface area contributed by atoms with Gasteiger partial charge >= 0.3 is 0 Å². The Bertz CT molecular complexity index is 327. The fraction of sp³-hybridized carbons (Fsp3) is 0.545. The minimum atomic E-state index is 0. The molecule has 90 valence electrons. The maximum atomic E-state index is 11.7. The van der Waals surface area contributed by atoms with Crippen molar-refractivity contribution in [3.63, 3.8) is 0 Å². The first kappa shape index (κ1) is 13.1. The first-order chi connectivity index (χ1) is 7.25. The highest BCUT2D eigenvalue weighted by atomic mass is 35.5. The van der Waals surface area contributed by atoms with Crippen molar-refractivity contribution in [2.75, 3.05) is 0 Å². The van der Waals surface area contributed by atoms with Crippen molar-refractivity contribution >= 4 is 18.3 Å². The van der Waals surface area contributed by atoms with Crippen molar-refractivity contribution in [3.05, 3.63) is 24.2 Å². The third-order valence-corrected chi connectivity index (χ3v) is 2.86. The molecule has 5 heteroatoms. The number of rotatable bonds is 3. The van der Waals surface area contributed by atoms with Gasteiger partial charge in [-0.05, 0) is 31.4 Å². The van der Waals surface area contributed by atoms with Crippen molar-refractivity contribution in [1.82, 2.24) is 5.32 Å². The zero-order valence-electron chi connectivity index (χ0n) is 9.02. The molecule has 0 saturated heterocycles. The van der Waals surface area contributed by atoms with Gasteiger partial charge < -0.3 is 15.5 Å². The SMILES string of the molecule is Cl.NC1CCC(C(=O)NCc2ccco2)C1. The Morgan fingerprint density at radius 1 is 1.56 bits per heavy atom. The molecule has 2 rings (SSSR count). The molecular weight excluding hydrogens is 228 g/mol. The van der Waals surface area contributed by atoms with E-state index in [0.29, 0.717) is 6.54 Å². The molecule has 3 N–H and O–H groups in total. The first-order valence-electron chi connectivity index (χ1n) is 5.31. The summed E-state index contributed by atoms with van der Waals surface area (Å²) >= 11 is 0. The lowest BCUT2D eigenvalue weighted by atomic mass is 10.1. The van der Waals surface area contributed by atoms with Gasteiger partial charge in [0.15, 0.2) is 0 Å². The number of hydrogen-bond acceptors (Lipinski definition) is 3. The van der Waals surface area contributed by atoms with Gasteiger partial charge in [0.25, 0.3) is 0 Å². The summed E-state index contributed by atoms with van der Waals surface area (Å²) in [6.07, 6.45) is 4.28. The van der Waals surface area contributed by atoms with E-state index in [1.54, 1.807) is 6.26 Å². The van der Waals surface area contributed by atoms with Crippen molar-refractivity contribution in [2.45, 2.75) is 31.8 Å². The maximum Gasteiger partial charge on any atom is 0.223 e. The van der Waals surface area contributed by atoms with E-state index < -0.39 is 0 Å². The average Bonchev–Trinajstić information content (AvgIpc) is 2.84. The standard InChI is InChI=1S/C11H16N2O2.ClH/c12-9-4-3-8(6-9)11(14)13-7-10-2-1-5-15-10;/h1-2,5,8-9H,3-4,6-7,12H2,(H,13,14);1H. The topological polar surface area (TPSA) is 68.3 Å². The summed E-state index contributed by atoms with van der Waals surface area (Å²) in [4.78, 5) is 11.7. The zero-order chi connectivity index (χ0) is 10.7. The minimum Gasteiger partial charge on any atom is -0.467 e. The minimum absolute atomic E-state index is 0.